The lowest BCUT2D eigenvalue weighted by atomic mass is 10.0. The maximum absolute atomic E-state index is 5.73. The van der Waals surface area contributed by atoms with Crippen LogP contribution in [0.25, 0.3) is 10.9 Å². The Balaban J connectivity index is 2.07. The minimum absolute atomic E-state index is 0.125. The number of nitrogens with one attached hydrogen (secondary N) is 1. The first-order chi connectivity index (χ1) is 9.78. The predicted octanol–water partition coefficient (Wildman–Crippen LogP) is 2.49. The van der Waals surface area contributed by atoms with E-state index in [0.717, 1.165) is 27.9 Å². The number of aryl methyl sites for hydroxylation is 1. The van der Waals surface area contributed by atoms with E-state index in [9.17, 15) is 0 Å². The van der Waals surface area contributed by atoms with Gasteiger partial charge in [-0.25, -0.2) is 5.43 Å². The normalized spacial score (nSPS) is 12.5. The van der Waals surface area contributed by atoms with Crippen molar-refractivity contribution in [2.75, 3.05) is 0 Å². The smallest absolute Gasteiger partial charge is 0.0881 e. The summed E-state index contributed by atoms with van der Waals surface area (Å²) >= 11 is 0. The molecule has 2 aromatic heterocycles. The number of nitrogens with two attached hydrogens (primary N) is 1. The van der Waals surface area contributed by atoms with Gasteiger partial charge in [0.05, 0.1) is 17.3 Å². The highest BCUT2D eigenvalue weighted by atomic mass is 15.2. The van der Waals surface area contributed by atoms with Gasteiger partial charge in [-0.3, -0.25) is 15.8 Å². The van der Waals surface area contributed by atoms with Crippen molar-refractivity contribution in [3.63, 3.8) is 0 Å². The minimum Gasteiger partial charge on any atom is -0.271 e. The summed E-state index contributed by atoms with van der Waals surface area (Å²) in [6.07, 6.45) is 1.79. The molecule has 0 aliphatic carbocycles. The Hall–Kier alpha value is -2.30. The molecule has 20 heavy (non-hydrogen) atoms. The standard InChI is InChI=1S/C16H16N4/c1-11-4-2-6-15(19-11)16(20-17)13-7-8-14-12(10-13)5-3-9-18-14/h2-10,16,20H,17H2,1H3. The summed E-state index contributed by atoms with van der Waals surface area (Å²) in [6, 6.07) is 15.9. The third kappa shape index (κ3) is 2.39. The van der Waals surface area contributed by atoms with Crippen molar-refractivity contribution in [1.82, 2.24) is 15.4 Å². The lowest BCUT2D eigenvalue weighted by Crippen LogP contribution is -2.29. The molecule has 4 nitrogen and oxygen atoms in total. The molecule has 0 saturated carbocycles. The second-order valence-corrected chi connectivity index (χ2v) is 4.76. The Morgan fingerprint density at radius 1 is 1.10 bits per heavy atom. The Morgan fingerprint density at radius 3 is 2.80 bits per heavy atom. The zero-order chi connectivity index (χ0) is 13.9. The first-order valence-corrected chi connectivity index (χ1v) is 6.52. The minimum atomic E-state index is -0.125. The molecule has 0 bridgehead atoms. The van der Waals surface area contributed by atoms with Gasteiger partial charge in [-0.15, -0.1) is 0 Å². The summed E-state index contributed by atoms with van der Waals surface area (Å²) in [4.78, 5) is 8.87. The third-order valence-electron chi connectivity index (χ3n) is 3.33. The number of benzene rings is 1. The Bertz CT molecular complexity index is 739. The number of nitrogens with zero attached hydrogens (tertiary/aromatic N) is 2. The Labute approximate surface area is 117 Å². The van der Waals surface area contributed by atoms with Gasteiger partial charge in [-0.2, -0.15) is 0 Å². The Kier molecular flexibility index (Phi) is 3.41. The van der Waals surface area contributed by atoms with E-state index >= 15 is 0 Å². The number of hydrazine groups is 1. The zero-order valence-corrected chi connectivity index (χ0v) is 11.2. The fraction of sp³-hybridized carbons (Fsp3) is 0.125. The van der Waals surface area contributed by atoms with Gasteiger partial charge < -0.3 is 0 Å². The lowest BCUT2D eigenvalue weighted by Gasteiger charge is -2.16. The van der Waals surface area contributed by atoms with Gasteiger partial charge in [-0.1, -0.05) is 18.2 Å². The number of fused-ring (bicyclic) bond motifs is 1. The van der Waals surface area contributed by atoms with Crippen molar-refractivity contribution < 1.29 is 0 Å². The molecular formula is C16H16N4. The lowest BCUT2D eigenvalue weighted by molar-refractivity contribution is 0.620. The molecule has 0 aliphatic heterocycles. The highest BCUT2D eigenvalue weighted by Crippen LogP contribution is 2.23. The highest BCUT2D eigenvalue weighted by molar-refractivity contribution is 5.79. The van der Waals surface area contributed by atoms with Crippen LogP contribution in [0.15, 0.2) is 54.7 Å². The van der Waals surface area contributed by atoms with Gasteiger partial charge in [0.1, 0.15) is 0 Å². The molecule has 0 spiro atoms. The van der Waals surface area contributed by atoms with Crippen LogP contribution in [0.4, 0.5) is 0 Å². The van der Waals surface area contributed by atoms with Crippen LogP contribution in [0.2, 0.25) is 0 Å². The summed E-state index contributed by atoms with van der Waals surface area (Å²) in [6.45, 7) is 1.97. The molecule has 0 fully saturated rings. The van der Waals surface area contributed by atoms with Gasteiger partial charge in [0, 0.05) is 17.3 Å². The summed E-state index contributed by atoms with van der Waals surface area (Å²) in [5, 5.41) is 1.10. The average Bonchev–Trinajstić information content (AvgIpc) is 2.48. The van der Waals surface area contributed by atoms with Crippen molar-refractivity contribution in [1.29, 1.82) is 0 Å². The predicted molar refractivity (Wildman–Crippen MR) is 79.9 cm³/mol. The third-order valence-corrected chi connectivity index (χ3v) is 3.33. The molecule has 1 aromatic carbocycles. The van der Waals surface area contributed by atoms with E-state index in [1.807, 2.05) is 49.4 Å². The van der Waals surface area contributed by atoms with Crippen LogP contribution in [-0.2, 0) is 0 Å². The van der Waals surface area contributed by atoms with Crippen molar-refractivity contribution >= 4 is 10.9 Å². The highest BCUT2D eigenvalue weighted by Gasteiger charge is 2.14. The molecule has 2 heterocycles. The zero-order valence-electron chi connectivity index (χ0n) is 11.2. The van der Waals surface area contributed by atoms with Crippen LogP contribution in [0.5, 0.6) is 0 Å². The van der Waals surface area contributed by atoms with Crippen molar-refractivity contribution in [2.45, 2.75) is 13.0 Å². The van der Waals surface area contributed by atoms with E-state index in [2.05, 4.69) is 21.5 Å². The molecule has 1 atom stereocenters. The van der Waals surface area contributed by atoms with Crippen LogP contribution < -0.4 is 11.3 Å². The SMILES string of the molecule is Cc1cccc(C(NN)c2ccc3ncccc3c2)n1. The second-order valence-electron chi connectivity index (χ2n) is 4.76. The van der Waals surface area contributed by atoms with E-state index in [-0.39, 0.29) is 6.04 Å². The van der Waals surface area contributed by atoms with Gasteiger partial charge in [0.15, 0.2) is 0 Å². The van der Waals surface area contributed by atoms with Crippen LogP contribution in [0.1, 0.15) is 23.0 Å². The Morgan fingerprint density at radius 2 is 2.00 bits per heavy atom. The van der Waals surface area contributed by atoms with Gasteiger partial charge in [0.25, 0.3) is 0 Å². The number of rotatable bonds is 3. The van der Waals surface area contributed by atoms with E-state index in [1.54, 1.807) is 6.20 Å². The largest absolute Gasteiger partial charge is 0.271 e. The van der Waals surface area contributed by atoms with E-state index in [1.165, 1.54) is 0 Å². The number of aromatic nitrogens is 2. The number of pyridine rings is 2. The van der Waals surface area contributed by atoms with Crippen LogP contribution in [0, 0.1) is 6.92 Å². The molecule has 0 radical (unpaired) electrons. The molecule has 100 valence electrons. The first kappa shape index (κ1) is 12.7. The molecule has 1 unspecified atom stereocenters. The number of hydrogen-bond donors (Lipinski definition) is 2. The molecular weight excluding hydrogens is 248 g/mol. The molecule has 0 aliphatic rings. The van der Waals surface area contributed by atoms with Crippen LogP contribution >= 0.6 is 0 Å². The summed E-state index contributed by atoms with van der Waals surface area (Å²) in [5.41, 5.74) is 6.78. The topological polar surface area (TPSA) is 63.8 Å². The van der Waals surface area contributed by atoms with Gasteiger partial charge >= 0.3 is 0 Å². The second kappa shape index (κ2) is 5.36. The first-order valence-electron chi connectivity index (χ1n) is 6.52. The van der Waals surface area contributed by atoms with E-state index < -0.39 is 0 Å². The van der Waals surface area contributed by atoms with Crippen LogP contribution in [-0.4, -0.2) is 9.97 Å². The molecule has 4 heteroatoms. The summed E-state index contributed by atoms with van der Waals surface area (Å²) in [5.74, 6) is 5.73. The molecule has 3 rings (SSSR count). The van der Waals surface area contributed by atoms with E-state index in [0.29, 0.717) is 0 Å². The van der Waals surface area contributed by atoms with Gasteiger partial charge in [0.2, 0.25) is 0 Å². The molecule has 0 saturated heterocycles. The van der Waals surface area contributed by atoms with Crippen molar-refractivity contribution in [3.8, 4) is 0 Å². The number of hydrogen-bond acceptors (Lipinski definition) is 4. The van der Waals surface area contributed by atoms with Crippen molar-refractivity contribution in [2.24, 2.45) is 5.84 Å². The fourth-order valence-corrected chi connectivity index (χ4v) is 2.35. The quantitative estimate of drug-likeness (QED) is 0.563. The average molecular weight is 264 g/mol. The van der Waals surface area contributed by atoms with Gasteiger partial charge in [-0.05, 0) is 42.8 Å². The van der Waals surface area contributed by atoms with Crippen molar-refractivity contribution in [3.05, 3.63) is 71.7 Å². The van der Waals surface area contributed by atoms with E-state index in [4.69, 9.17) is 5.84 Å². The molecule has 3 N–H and O–H groups in total. The summed E-state index contributed by atoms with van der Waals surface area (Å²) < 4.78 is 0. The van der Waals surface area contributed by atoms with Crippen LogP contribution in [0.3, 0.4) is 0 Å². The monoisotopic (exact) mass is 264 g/mol. The maximum Gasteiger partial charge on any atom is 0.0881 e. The maximum atomic E-state index is 5.73. The molecule has 3 aromatic rings. The summed E-state index contributed by atoms with van der Waals surface area (Å²) in [7, 11) is 0. The molecule has 0 amide bonds. The fourth-order valence-electron chi connectivity index (χ4n) is 2.35.